The van der Waals surface area contributed by atoms with Gasteiger partial charge in [-0.2, -0.15) is 0 Å². The summed E-state index contributed by atoms with van der Waals surface area (Å²) in [5.41, 5.74) is 4.14. The van der Waals surface area contributed by atoms with Gasteiger partial charge in [0.25, 0.3) is 0 Å². The Morgan fingerprint density at radius 2 is 1.57 bits per heavy atom. The summed E-state index contributed by atoms with van der Waals surface area (Å²) in [6, 6.07) is 7.34. The molecule has 0 radical (unpaired) electrons. The van der Waals surface area contributed by atoms with Crippen LogP contribution in [0.2, 0.25) is 0 Å². The van der Waals surface area contributed by atoms with Gasteiger partial charge in [-0.25, -0.2) is 0 Å². The zero-order valence-electron chi connectivity index (χ0n) is 14.7. The van der Waals surface area contributed by atoms with Gasteiger partial charge in [0.2, 0.25) is 0 Å². The van der Waals surface area contributed by atoms with Crippen molar-refractivity contribution < 1.29 is 0 Å². The molecule has 1 aromatic carbocycles. The summed E-state index contributed by atoms with van der Waals surface area (Å²) >= 11 is 0. The molecule has 0 heterocycles. The van der Waals surface area contributed by atoms with Crippen LogP contribution in [0.15, 0.2) is 18.2 Å². The van der Waals surface area contributed by atoms with Gasteiger partial charge >= 0.3 is 0 Å². The molecule has 1 N–H and O–H groups in total. The lowest BCUT2D eigenvalue weighted by atomic mass is 9.99. The van der Waals surface area contributed by atoms with Crippen LogP contribution in [-0.4, -0.2) is 57.1 Å². The Labute approximate surface area is 131 Å². The molecule has 0 saturated heterocycles. The van der Waals surface area contributed by atoms with Gasteiger partial charge in [-0.15, -0.1) is 0 Å². The van der Waals surface area contributed by atoms with E-state index in [-0.39, 0.29) is 0 Å². The van der Waals surface area contributed by atoms with Crippen LogP contribution < -0.4 is 5.32 Å². The fourth-order valence-electron chi connectivity index (χ4n) is 2.68. The summed E-state index contributed by atoms with van der Waals surface area (Å²) in [5, 5.41) is 3.64. The van der Waals surface area contributed by atoms with E-state index in [4.69, 9.17) is 0 Å². The average molecular weight is 291 g/mol. The lowest BCUT2D eigenvalue weighted by molar-refractivity contribution is 0.268. The van der Waals surface area contributed by atoms with E-state index in [1.165, 1.54) is 16.7 Å². The Balaban J connectivity index is 2.60. The van der Waals surface area contributed by atoms with Gasteiger partial charge in [0.1, 0.15) is 0 Å². The number of likely N-dealkylation sites (N-methyl/N-ethyl adjacent to an activating group) is 2. The summed E-state index contributed by atoms with van der Waals surface area (Å²) in [6.45, 7) is 10.9. The molecule has 0 aromatic heterocycles. The van der Waals surface area contributed by atoms with Gasteiger partial charge in [0.15, 0.2) is 0 Å². The van der Waals surface area contributed by atoms with Gasteiger partial charge in [-0.3, -0.25) is 0 Å². The van der Waals surface area contributed by atoms with Crippen LogP contribution in [0.5, 0.6) is 0 Å². The van der Waals surface area contributed by atoms with Crippen LogP contribution in [0.4, 0.5) is 0 Å². The SMILES string of the molecule is CCNC(CCN(C)CCN(C)C)c1cc(C)cc(C)c1. The van der Waals surface area contributed by atoms with Crippen LogP contribution in [-0.2, 0) is 0 Å². The first-order valence-corrected chi connectivity index (χ1v) is 8.07. The standard InChI is InChI=1S/C18H33N3/c1-7-19-18(8-9-21(6)11-10-20(4)5)17-13-15(2)12-16(3)14-17/h12-14,18-19H,7-11H2,1-6H3. The van der Waals surface area contributed by atoms with Crippen molar-refractivity contribution >= 4 is 0 Å². The van der Waals surface area contributed by atoms with Crippen molar-refractivity contribution in [1.82, 2.24) is 15.1 Å². The Hall–Kier alpha value is -0.900. The van der Waals surface area contributed by atoms with Gasteiger partial charge in [-0.05, 0) is 60.1 Å². The summed E-state index contributed by atoms with van der Waals surface area (Å²) < 4.78 is 0. The Kier molecular flexibility index (Phi) is 7.94. The molecule has 0 amide bonds. The minimum Gasteiger partial charge on any atom is -0.310 e. The molecule has 0 bridgehead atoms. The second-order valence-electron chi connectivity index (χ2n) is 6.43. The molecule has 0 fully saturated rings. The molecule has 0 saturated carbocycles. The second kappa shape index (κ2) is 9.19. The molecule has 1 rings (SSSR count). The van der Waals surface area contributed by atoms with E-state index in [2.05, 4.69) is 75.2 Å². The van der Waals surface area contributed by atoms with E-state index in [1.54, 1.807) is 0 Å². The summed E-state index contributed by atoms with van der Waals surface area (Å²) in [6.07, 6.45) is 1.15. The lowest BCUT2D eigenvalue weighted by Crippen LogP contribution is -2.32. The number of nitrogens with zero attached hydrogens (tertiary/aromatic N) is 2. The lowest BCUT2D eigenvalue weighted by Gasteiger charge is -2.24. The number of hydrogen-bond donors (Lipinski definition) is 1. The van der Waals surface area contributed by atoms with E-state index in [1.807, 2.05) is 0 Å². The van der Waals surface area contributed by atoms with Crippen molar-refractivity contribution in [3.05, 3.63) is 34.9 Å². The molecule has 0 aliphatic carbocycles. The Bertz CT molecular complexity index is 395. The molecule has 1 unspecified atom stereocenters. The van der Waals surface area contributed by atoms with Gasteiger partial charge in [-0.1, -0.05) is 36.2 Å². The molecule has 3 nitrogen and oxygen atoms in total. The van der Waals surface area contributed by atoms with Crippen molar-refractivity contribution in [2.75, 3.05) is 47.3 Å². The smallest absolute Gasteiger partial charge is 0.0332 e. The predicted molar refractivity (Wildman–Crippen MR) is 93.0 cm³/mol. The third kappa shape index (κ3) is 7.07. The van der Waals surface area contributed by atoms with Crippen LogP contribution in [0, 0.1) is 13.8 Å². The number of aryl methyl sites for hydroxylation is 2. The van der Waals surface area contributed by atoms with Gasteiger partial charge in [0.05, 0.1) is 0 Å². The fraction of sp³-hybridized carbons (Fsp3) is 0.667. The van der Waals surface area contributed by atoms with Crippen LogP contribution in [0.25, 0.3) is 0 Å². The Morgan fingerprint density at radius 1 is 0.952 bits per heavy atom. The van der Waals surface area contributed by atoms with E-state index < -0.39 is 0 Å². The first kappa shape index (κ1) is 18.1. The van der Waals surface area contributed by atoms with Crippen molar-refractivity contribution in [2.24, 2.45) is 0 Å². The van der Waals surface area contributed by atoms with E-state index >= 15 is 0 Å². The molecular weight excluding hydrogens is 258 g/mol. The van der Waals surface area contributed by atoms with Gasteiger partial charge in [0, 0.05) is 19.1 Å². The average Bonchev–Trinajstić information content (AvgIpc) is 2.40. The third-order valence-electron chi connectivity index (χ3n) is 3.83. The maximum absolute atomic E-state index is 3.64. The Morgan fingerprint density at radius 3 is 2.10 bits per heavy atom. The molecule has 3 heteroatoms. The van der Waals surface area contributed by atoms with Crippen molar-refractivity contribution in [1.29, 1.82) is 0 Å². The van der Waals surface area contributed by atoms with Crippen LogP contribution in [0.1, 0.15) is 36.1 Å². The highest BCUT2D eigenvalue weighted by Gasteiger charge is 2.12. The molecule has 0 aliphatic rings. The largest absolute Gasteiger partial charge is 0.310 e. The maximum Gasteiger partial charge on any atom is 0.0332 e. The monoisotopic (exact) mass is 291 g/mol. The summed E-state index contributed by atoms with van der Waals surface area (Å²) in [4.78, 5) is 4.66. The molecule has 21 heavy (non-hydrogen) atoms. The number of benzene rings is 1. The minimum atomic E-state index is 0.454. The number of rotatable bonds is 9. The van der Waals surface area contributed by atoms with Crippen molar-refractivity contribution in [3.8, 4) is 0 Å². The molecule has 1 atom stereocenters. The fourth-order valence-corrected chi connectivity index (χ4v) is 2.68. The molecule has 0 spiro atoms. The number of hydrogen-bond acceptors (Lipinski definition) is 3. The van der Waals surface area contributed by atoms with Crippen molar-refractivity contribution in [2.45, 2.75) is 33.2 Å². The van der Waals surface area contributed by atoms with E-state index in [0.29, 0.717) is 6.04 Å². The van der Waals surface area contributed by atoms with Crippen LogP contribution in [0.3, 0.4) is 0 Å². The number of nitrogens with one attached hydrogen (secondary N) is 1. The predicted octanol–water partition coefficient (Wildman–Crippen LogP) is 2.84. The van der Waals surface area contributed by atoms with Crippen LogP contribution >= 0.6 is 0 Å². The maximum atomic E-state index is 3.64. The third-order valence-corrected chi connectivity index (χ3v) is 3.83. The normalized spacial score (nSPS) is 13.1. The summed E-state index contributed by atoms with van der Waals surface area (Å²) in [7, 11) is 6.48. The molecule has 0 aliphatic heterocycles. The highest BCUT2D eigenvalue weighted by Crippen LogP contribution is 2.20. The molecule has 1 aromatic rings. The second-order valence-corrected chi connectivity index (χ2v) is 6.43. The quantitative estimate of drug-likeness (QED) is 0.755. The molecular formula is C18H33N3. The zero-order valence-corrected chi connectivity index (χ0v) is 14.7. The topological polar surface area (TPSA) is 18.5 Å². The highest BCUT2D eigenvalue weighted by molar-refractivity contribution is 5.30. The van der Waals surface area contributed by atoms with E-state index in [0.717, 1.165) is 32.6 Å². The van der Waals surface area contributed by atoms with E-state index in [9.17, 15) is 0 Å². The summed E-state index contributed by atoms with van der Waals surface area (Å²) in [5.74, 6) is 0. The minimum absolute atomic E-state index is 0.454. The first-order valence-electron chi connectivity index (χ1n) is 8.07. The first-order chi connectivity index (χ1) is 9.92. The van der Waals surface area contributed by atoms with Gasteiger partial charge < -0.3 is 15.1 Å². The molecule has 120 valence electrons. The highest BCUT2D eigenvalue weighted by atomic mass is 15.1. The van der Waals surface area contributed by atoms with Crippen molar-refractivity contribution in [3.63, 3.8) is 0 Å². The zero-order chi connectivity index (χ0) is 15.8.